The predicted molar refractivity (Wildman–Crippen MR) is 213 cm³/mol. The molecule has 0 atom stereocenters. The molecule has 63 heavy (non-hydrogen) atoms. The van der Waals surface area contributed by atoms with Crippen molar-refractivity contribution < 1.29 is 95.6 Å². The van der Waals surface area contributed by atoms with E-state index in [4.69, 9.17) is 48.2 Å². The van der Waals surface area contributed by atoms with Crippen LogP contribution in [-0.4, -0.2) is 162 Å². The molecule has 340 valence electrons. The van der Waals surface area contributed by atoms with Crippen molar-refractivity contribution in [3.63, 3.8) is 0 Å². The van der Waals surface area contributed by atoms with Gasteiger partial charge in [0, 0.05) is 20.9 Å². The molecular weight excluding hydrogens is 838 g/mol. The SMILES string of the molecule is CC(=O)C=[N+]=[N-].CC(C)(C)OC(=O)C=[N+]=[N-].CCOC(=O)C(C)=[N+]=[N-].CCOC(=O)C=[N+]=[N-].CON(C)C(=O)C=[N+]=[N-].[N-]=[N+]=C1CCOC1=O.[N-]=[N+]=CC(=O)OCc1ccccc1. The number of ketones is 1. The van der Waals surface area contributed by atoms with Crippen LogP contribution in [0, 0.1) is 0 Å². The molecule has 0 radical (unpaired) electrons. The van der Waals surface area contributed by atoms with Crippen LogP contribution < -0.4 is 0 Å². The van der Waals surface area contributed by atoms with Gasteiger partial charge in [0.05, 0.1) is 26.7 Å². The maximum Gasteiger partial charge on any atom is 0.417 e. The minimum atomic E-state index is -0.661. The lowest BCUT2D eigenvalue weighted by molar-refractivity contribution is -0.163. The van der Waals surface area contributed by atoms with Crippen molar-refractivity contribution in [1.29, 1.82) is 0 Å². The minimum Gasteiger partial charge on any atom is -0.458 e. The normalized spacial score (nSPS) is 9.35. The molecule has 0 saturated carbocycles. The summed E-state index contributed by atoms with van der Waals surface area (Å²) in [6, 6.07) is 9.25. The average molecular weight is 886 g/mol. The zero-order valence-corrected chi connectivity index (χ0v) is 35.8. The van der Waals surface area contributed by atoms with Gasteiger partial charge in [0.1, 0.15) is 18.8 Å². The molecule has 1 saturated heterocycles. The monoisotopic (exact) mass is 885 g/mol. The Bertz CT molecular complexity index is 1990. The van der Waals surface area contributed by atoms with Gasteiger partial charge in [0.15, 0.2) is 0 Å². The lowest BCUT2D eigenvalue weighted by Gasteiger charge is -2.16. The molecule has 0 N–H and O–H groups in total. The second-order valence-corrected chi connectivity index (χ2v) is 11.1. The number of hydrogen-bond acceptors (Lipinski definition) is 13. The summed E-state index contributed by atoms with van der Waals surface area (Å²) < 4.78 is 22.7. The summed E-state index contributed by atoms with van der Waals surface area (Å²) in [5.41, 5.74) is 55.6. The van der Waals surface area contributed by atoms with Crippen LogP contribution in [0.25, 0.3) is 38.7 Å². The molecule has 0 aromatic heterocycles. The van der Waals surface area contributed by atoms with E-state index in [0.717, 1.165) is 23.1 Å². The molecule has 0 bridgehead atoms. The quantitative estimate of drug-likeness (QED) is 0.0732. The molecular formula is C35H47N15O13. The number of amides is 1. The van der Waals surface area contributed by atoms with Gasteiger partial charge in [-0.1, -0.05) is 30.3 Å². The molecule has 28 nitrogen and oxygen atoms in total. The van der Waals surface area contributed by atoms with Crippen molar-refractivity contribution in [1.82, 2.24) is 5.06 Å². The Kier molecular flexibility index (Phi) is 43.3. The first-order valence-electron chi connectivity index (χ1n) is 17.2. The minimum absolute atomic E-state index is 0.0307. The van der Waals surface area contributed by atoms with E-state index >= 15 is 0 Å². The summed E-state index contributed by atoms with van der Waals surface area (Å²) in [6.45, 7) is 12.4. The van der Waals surface area contributed by atoms with Crippen molar-refractivity contribution in [3.05, 3.63) is 74.6 Å². The van der Waals surface area contributed by atoms with Gasteiger partial charge in [-0.05, 0) is 40.2 Å². The first kappa shape index (κ1) is 63.5. The summed E-state index contributed by atoms with van der Waals surface area (Å²) >= 11 is 0. The zero-order valence-electron chi connectivity index (χ0n) is 35.8. The van der Waals surface area contributed by atoms with Gasteiger partial charge in [-0.2, -0.15) is 33.5 Å². The van der Waals surface area contributed by atoms with Crippen LogP contribution in [0.2, 0.25) is 0 Å². The van der Waals surface area contributed by atoms with Crippen molar-refractivity contribution in [2.75, 3.05) is 34.0 Å². The van der Waals surface area contributed by atoms with Gasteiger partial charge in [-0.25, -0.2) is 29.0 Å². The van der Waals surface area contributed by atoms with Crippen LogP contribution in [0.1, 0.15) is 60.5 Å². The summed E-state index contributed by atoms with van der Waals surface area (Å²) in [6.07, 6.45) is 4.12. The molecule has 0 aliphatic carbocycles. The Morgan fingerprint density at radius 3 is 1.54 bits per heavy atom. The number of Topliss-reactive ketones (excluding diaryl/α,β-unsaturated/α-hetero) is 1. The highest BCUT2D eigenvalue weighted by atomic mass is 16.7. The van der Waals surface area contributed by atoms with E-state index < -0.39 is 41.4 Å². The molecule has 1 aliphatic rings. The maximum atomic E-state index is 10.7. The molecule has 28 heteroatoms. The highest BCUT2D eigenvalue weighted by Crippen LogP contribution is 2.05. The van der Waals surface area contributed by atoms with Gasteiger partial charge < -0.3 is 62.4 Å². The first-order valence-corrected chi connectivity index (χ1v) is 17.2. The topological polar surface area (TPSA) is 433 Å². The van der Waals surface area contributed by atoms with Gasteiger partial charge in [0.2, 0.25) is 5.78 Å². The Balaban J connectivity index is -0.000000210. The van der Waals surface area contributed by atoms with Crippen LogP contribution in [-0.2, 0) is 68.7 Å². The van der Waals surface area contributed by atoms with E-state index in [9.17, 15) is 33.6 Å². The molecule has 0 unspecified atom stereocenters. The van der Waals surface area contributed by atoms with Crippen molar-refractivity contribution >= 4 is 84.0 Å². The van der Waals surface area contributed by atoms with Gasteiger partial charge in [-0.15, -0.1) is 0 Å². The van der Waals surface area contributed by atoms with E-state index in [-0.39, 0.29) is 23.8 Å². The third-order valence-electron chi connectivity index (χ3n) is 5.05. The number of hydroxylamine groups is 2. The van der Waals surface area contributed by atoms with Crippen LogP contribution >= 0.6 is 0 Å². The standard InChI is InChI=1S/C9H8N2O2.C6H10N2O2.C5H8N2O2.C4H7N3O2.C4H4N2O2.C4H6N2O2.C3H4N2O/c10-11-6-9(12)13-7-8-4-2-1-3-5-8;1-6(2,3)10-5(9)4-8-7;1-3-9-5(8)4(2)7-6;1-7(9-2)4(8)3-6-5;5-6-3-1-2-8-4(3)7;1-2-8-4(7)3-6-5;1-3(6)2-5-4/h1-6H,7H2;4H,1-3H3;3H2,1-2H3;3H,1-2H3;1-2H2;3H,2H2,1H3;2H,1H3. The molecule has 1 fully saturated rings. The third-order valence-corrected chi connectivity index (χ3v) is 5.05. The van der Waals surface area contributed by atoms with Crippen molar-refractivity contribution in [2.24, 2.45) is 0 Å². The number of benzene rings is 1. The molecule has 1 aromatic rings. The van der Waals surface area contributed by atoms with Crippen LogP contribution in [0.4, 0.5) is 0 Å². The van der Waals surface area contributed by atoms with Crippen LogP contribution in [0.3, 0.4) is 0 Å². The van der Waals surface area contributed by atoms with Crippen LogP contribution in [0.5, 0.6) is 0 Å². The van der Waals surface area contributed by atoms with E-state index in [0.29, 0.717) is 44.9 Å². The molecule has 2 rings (SSSR count). The number of rotatable bonds is 11. The van der Waals surface area contributed by atoms with E-state index in [1.807, 2.05) is 30.3 Å². The smallest absolute Gasteiger partial charge is 0.417 e. The molecule has 1 heterocycles. The second-order valence-electron chi connectivity index (χ2n) is 11.1. The van der Waals surface area contributed by atoms with Gasteiger partial charge in [0.25, 0.3) is 0 Å². The number of nitrogens with zero attached hydrogens (tertiary/aromatic N) is 15. The second kappa shape index (κ2) is 42.9. The predicted octanol–water partition coefficient (Wildman–Crippen LogP) is 0.536. The van der Waals surface area contributed by atoms with E-state index in [1.54, 1.807) is 34.6 Å². The summed E-state index contributed by atoms with van der Waals surface area (Å²) in [5, 5.41) is 0.930. The van der Waals surface area contributed by atoms with Gasteiger partial charge in [-0.3, -0.25) is 14.4 Å². The number of hydrogen-bond donors (Lipinski definition) is 0. The highest BCUT2D eigenvalue weighted by Gasteiger charge is 2.28. The lowest BCUT2D eigenvalue weighted by atomic mass is 10.2. The molecule has 1 aromatic carbocycles. The van der Waals surface area contributed by atoms with E-state index in [1.165, 1.54) is 28.0 Å². The first-order chi connectivity index (χ1) is 29.6. The fourth-order valence-corrected chi connectivity index (χ4v) is 2.51. The highest BCUT2D eigenvalue weighted by molar-refractivity contribution is 6.35. The van der Waals surface area contributed by atoms with Crippen molar-refractivity contribution in [2.45, 2.75) is 67.1 Å². The fraction of sp³-hybridized carbons (Fsp3) is 0.429. The fourth-order valence-electron chi connectivity index (χ4n) is 2.51. The van der Waals surface area contributed by atoms with Crippen LogP contribution in [0.15, 0.2) is 30.3 Å². The third kappa shape index (κ3) is 47.6. The number of ether oxygens (including phenoxy) is 5. The maximum absolute atomic E-state index is 10.7. The van der Waals surface area contributed by atoms with Crippen molar-refractivity contribution in [3.8, 4) is 0 Å². The average Bonchev–Trinajstić information content (AvgIpc) is 3.65. The number of carbonyl (C=O) groups is 7. The Morgan fingerprint density at radius 2 is 1.21 bits per heavy atom. The zero-order chi connectivity index (χ0) is 49.6. The number of esters is 5. The summed E-state index contributed by atoms with van der Waals surface area (Å²) in [7, 11) is 2.74. The number of cyclic esters (lactones) is 1. The Labute approximate surface area is 360 Å². The van der Waals surface area contributed by atoms with E-state index in [2.05, 4.69) is 52.6 Å². The molecule has 1 amide bonds. The Hall–Kier alpha value is -8.67. The van der Waals surface area contributed by atoms with Gasteiger partial charge >= 0.3 is 78.3 Å². The molecule has 1 aliphatic heterocycles. The lowest BCUT2D eigenvalue weighted by Crippen LogP contribution is -2.26. The Morgan fingerprint density at radius 1 is 0.730 bits per heavy atom. The molecule has 0 spiro atoms. The largest absolute Gasteiger partial charge is 0.458 e. The number of carbonyl (C=O) groups excluding carboxylic acids is 7. The summed E-state index contributed by atoms with van der Waals surface area (Å²) in [4.78, 5) is 94.6. The summed E-state index contributed by atoms with van der Waals surface area (Å²) in [5.74, 6) is -3.79.